The largest absolute Gasteiger partial charge is 0.475 e. The minimum Gasteiger partial charge on any atom is -0.394 e. The van der Waals surface area contributed by atoms with E-state index in [1.807, 2.05) is 0 Å². The monoisotopic (exact) mass is 195 g/mol. The van der Waals surface area contributed by atoms with E-state index in [1.165, 1.54) is 0 Å². The van der Waals surface area contributed by atoms with E-state index in [4.69, 9.17) is 20.4 Å². The molecule has 0 aliphatic heterocycles. The molecule has 8 heteroatoms. The standard InChI is InChI=1S/C5H9NO7/c7-1-2(8)3(9)4(10)5(11)6(12)13/h2-4,7-10H,1H2/t2-,3-,4+/m1/s1. The molecule has 0 bridgehead atoms. The number of carbonyl (C=O) groups excluding carboxylic acids is 1. The summed E-state index contributed by atoms with van der Waals surface area (Å²) >= 11 is 0. The molecule has 13 heavy (non-hydrogen) atoms. The lowest BCUT2D eigenvalue weighted by Gasteiger charge is -2.16. The molecule has 4 N–H and O–H groups in total. The third-order valence-corrected chi connectivity index (χ3v) is 1.34. The molecule has 3 atom stereocenters. The molecule has 0 saturated carbocycles. The minimum absolute atomic E-state index is 0.913. The zero-order valence-electron chi connectivity index (χ0n) is 6.40. The Morgan fingerprint density at radius 1 is 1.38 bits per heavy atom. The molecule has 1 amide bonds. The molecule has 0 aliphatic rings. The van der Waals surface area contributed by atoms with Crippen molar-refractivity contribution in [1.29, 1.82) is 0 Å². The second-order valence-corrected chi connectivity index (χ2v) is 2.28. The average Bonchev–Trinajstić information content (AvgIpc) is 2.12. The van der Waals surface area contributed by atoms with E-state index in [2.05, 4.69) is 0 Å². The van der Waals surface area contributed by atoms with Crippen molar-refractivity contribution in [3.8, 4) is 0 Å². The van der Waals surface area contributed by atoms with Crippen LogP contribution >= 0.6 is 0 Å². The van der Waals surface area contributed by atoms with Crippen molar-refractivity contribution in [2.24, 2.45) is 0 Å². The van der Waals surface area contributed by atoms with Gasteiger partial charge in [0.2, 0.25) is 6.10 Å². The summed E-state index contributed by atoms with van der Waals surface area (Å²) in [6.45, 7) is -0.913. The van der Waals surface area contributed by atoms with Gasteiger partial charge in [-0.2, -0.15) is 0 Å². The lowest BCUT2D eigenvalue weighted by atomic mass is 10.1. The number of nitrogens with zero attached hydrogens (tertiary/aromatic N) is 1. The summed E-state index contributed by atoms with van der Waals surface area (Å²) in [5, 5.41) is 44.3. The SMILES string of the molecule is O=C([C@@H](O)[C@H](O)[C@H](O)CO)[N+](=O)[O-]. The van der Waals surface area contributed by atoms with Gasteiger partial charge in [-0.25, -0.2) is 4.79 Å². The number of aliphatic hydroxyl groups excluding tert-OH is 4. The molecule has 0 aromatic rings. The molecule has 76 valence electrons. The molecule has 0 aromatic carbocycles. The number of amides is 1. The first-order chi connectivity index (χ1) is 5.91. The van der Waals surface area contributed by atoms with Crippen molar-refractivity contribution in [2.75, 3.05) is 6.61 Å². The summed E-state index contributed by atoms with van der Waals surface area (Å²) in [7, 11) is 0. The predicted molar refractivity (Wildman–Crippen MR) is 37.1 cm³/mol. The molecular formula is C5H9NO7. The zero-order valence-corrected chi connectivity index (χ0v) is 6.40. The van der Waals surface area contributed by atoms with Gasteiger partial charge in [0.05, 0.1) is 6.61 Å². The number of hydrogen-bond acceptors (Lipinski definition) is 7. The Bertz CT molecular complexity index is 205. The van der Waals surface area contributed by atoms with Crippen molar-refractivity contribution in [2.45, 2.75) is 18.3 Å². The molecule has 0 fully saturated rings. The highest BCUT2D eigenvalue weighted by Crippen LogP contribution is 2.01. The Kier molecular flexibility index (Phi) is 4.42. The van der Waals surface area contributed by atoms with Crippen molar-refractivity contribution in [1.82, 2.24) is 0 Å². The second kappa shape index (κ2) is 4.82. The summed E-state index contributed by atoms with van der Waals surface area (Å²) in [6.07, 6.45) is -6.20. The van der Waals surface area contributed by atoms with E-state index in [0.29, 0.717) is 0 Å². The molecule has 0 spiro atoms. The van der Waals surface area contributed by atoms with E-state index in [0.717, 1.165) is 0 Å². The fourth-order valence-corrected chi connectivity index (χ4v) is 0.572. The Hall–Kier alpha value is -1.09. The molecule has 8 nitrogen and oxygen atoms in total. The zero-order chi connectivity index (χ0) is 10.6. The smallest absolute Gasteiger partial charge is 0.394 e. The summed E-state index contributed by atoms with van der Waals surface area (Å²) in [5.74, 6) is -1.83. The number of rotatable bonds is 4. The Labute approximate surface area is 72.2 Å². The maximum atomic E-state index is 10.4. The molecule has 0 saturated heterocycles. The number of nitro groups is 1. The molecule has 0 heterocycles. The van der Waals surface area contributed by atoms with Crippen LogP contribution in [-0.2, 0) is 4.79 Å². The Balaban J connectivity index is 4.33. The highest BCUT2D eigenvalue weighted by molar-refractivity contribution is 5.73. The highest BCUT2D eigenvalue weighted by Gasteiger charge is 2.37. The fraction of sp³-hybridized carbons (Fsp3) is 0.800. The van der Waals surface area contributed by atoms with E-state index in [-0.39, 0.29) is 0 Å². The molecule has 0 aromatic heterocycles. The average molecular weight is 195 g/mol. The van der Waals surface area contributed by atoms with E-state index in [1.54, 1.807) is 0 Å². The van der Waals surface area contributed by atoms with E-state index < -0.39 is 35.7 Å². The van der Waals surface area contributed by atoms with Crippen LogP contribution in [0.5, 0.6) is 0 Å². The van der Waals surface area contributed by atoms with Crippen LogP contribution in [0.3, 0.4) is 0 Å². The van der Waals surface area contributed by atoms with Crippen LogP contribution in [-0.4, -0.2) is 56.2 Å². The van der Waals surface area contributed by atoms with Crippen LogP contribution in [0.15, 0.2) is 0 Å². The molecule has 0 unspecified atom stereocenters. The quantitative estimate of drug-likeness (QED) is 0.274. The Morgan fingerprint density at radius 3 is 2.15 bits per heavy atom. The van der Waals surface area contributed by atoms with Crippen LogP contribution < -0.4 is 0 Å². The van der Waals surface area contributed by atoms with Gasteiger partial charge in [0.15, 0.2) is 0 Å². The highest BCUT2D eigenvalue weighted by atomic mass is 16.6. The molecule has 0 rings (SSSR count). The first-order valence-electron chi connectivity index (χ1n) is 3.25. The van der Waals surface area contributed by atoms with Crippen molar-refractivity contribution in [3.63, 3.8) is 0 Å². The third kappa shape index (κ3) is 3.03. The van der Waals surface area contributed by atoms with Gasteiger partial charge in [-0.1, -0.05) is 0 Å². The van der Waals surface area contributed by atoms with Crippen molar-refractivity contribution >= 4 is 5.91 Å². The molecule has 0 radical (unpaired) electrons. The van der Waals surface area contributed by atoms with Gasteiger partial charge in [0, 0.05) is 0 Å². The van der Waals surface area contributed by atoms with Crippen molar-refractivity contribution < 1.29 is 30.1 Å². The number of hydrogen-bond donors (Lipinski definition) is 4. The van der Waals surface area contributed by atoms with E-state index >= 15 is 0 Å². The van der Waals surface area contributed by atoms with Crippen molar-refractivity contribution in [3.05, 3.63) is 10.1 Å². The normalized spacial score (nSPS) is 17.5. The van der Waals surface area contributed by atoms with Gasteiger partial charge in [0.25, 0.3) is 0 Å². The topological polar surface area (TPSA) is 141 Å². The maximum absolute atomic E-state index is 10.4. The van der Waals surface area contributed by atoms with Crippen LogP contribution in [0.2, 0.25) is 0 Å². The van der Waals surface area contributed by atoms with Gasteiger partial charge in [0.1, 0.15) is 17.1 Å². The van der Waals surface area contributed by atoms with Crippen LogP contribution in [0.1, 0.15) is 0 Å². The fourth-order valence-electron chi connectivity index (χ4n) is 0.572. The van der Waals surface area contributed by atoms with Crippen LogP contribution in [0.4, 0.5) is 0 Å². The van der Waals surface area contributed by atoms with Gasteiger partial charge >= 0.3 is 5.91 Å². The first-order valence-corrected chi connectivity index (χ1v) is 3.25. The first kappa shape index (κ1) is 11.9. The van der Waals surface area contributed by atoms with Crippen LogP contribution in [0, 0.1) is 10.1 Å². The minimum atomic E-state index is -2.34. The Morgan fingerprint density at radius 2 is 1.85 bits per heavy atom. The number of carbonyl (C=O) groups is 1. The van der Waals surface area contributed by atoms with Gasteiger partial charge < -0.3 is 20.4 Å². The summed E-state index contributed by atoms with van der Waals surface area (Å²) in [6, 6.07) is 0. The van der Waals surface area contributed by atoms with Gasteiger partial charge in [-0.15, -0.1) is 0 Å². The molecular weight excluding hydrogens is 186 g/mol. The van der Waals surface area contributed by atoms with Gasteiger partial charge in [-0.3, -0.25) is 10.1 Å². The van der Waals surface area contributed by atoms with E-state index in [9.17, 15) is 14.9 Å². The predicted octanol–water partition coefficient (Wildman–Crippen LogP) is -3.14. The summed E-state index contributed by atoms with van der Waals surface area (Å²) in [5.41, 5.74) is 0. The number of aliphatic hydroxyl groups is 4. The maximum Gasteiger partial charge on any atom is 0.475 e. The van der Waals surface area contributed by atoms with Crippen LogP contribution in [0.25, 0.3) is 0 Å². The van der Waals surface area contributed by atoms with Gasteiger partial charge in [-0.05, 0) is 0 Å². The lowest BCUT2D eigenvalue weighted by Crippen LogP contribution is -2.46. The second-order valence-electron chi connectivity index (χ2n) is 2.28. The molecule has 0 aliphatic carbocycles. The summed E-state index contributed by atoms with van der Waals surface area (Å²) in [4.78, 5) is 18.8. The third-order valence-electron chi connectivity index (χ3n) is 1.34. The lowest BCUT2D eigenvalue weighted by molar-refractivity contribution is -0.411. The summed E-state index contributed by atoms with van der Waals surface area (Å²) < 4.78 is 0.